The summed E-state index contributed by atoms with van der Waals surface area (Å²) in [6.45, 7) is 4.54. The Balaban J connectivity index is 2.03. The number of nitrogens with zero attached hydrogens (tertiary/aromatic N) is 3. The van der Waals surface area contributed by atoms with E-state index < -0.39 is 0 Å². The minimum atomic E-state index is 0.0695. The van der Waals surface area contributed by atoms with Gasteiger partial charge >= 0.3 is 0 Å². The van der Waals surface area contributed by atoms with Gasteiger partial charge in [-0.15, -0.1) is 0 Å². The molecule has 86 valence electrons. The molecule has 1 aromatic heterocycles. The van der Waals surface area contributed by atoms with Crippen LogP contribution in [0.1, 0.15) is 11.5 Å². The van der Waals surface area contributed by atoms with Gasteiger partial charge in [0.05, 0.1) is 23.3 Å². The molecular formula is C10H13BrN4O. The Bertz CT molecular complexity index is 410. The van der Waals surface area contributed by atoms with Crippen molar-refractivity contribution in [3.63, 3.8) is 0 Å². The van der Waals surface area contributed by atoms with Crippen molar-refractivity contribution in [3.8, 4) is 0 Å². The van der Waals surface area contributed by atoms with E-state index in [0.717, 1.165) is 22.5 Å². The summed E-state index contributed by atoms with van der Waals surface area (Å²) in [5, 5.41) is 2.79. The zero-order chi connectivity index (χ0) is 11.5. The van der Waals surface area contributed by atoms with Crippen LogP contribution in [0.4, 0.5) is 0 Å². The number of carbonyl (C=O) groups is 1. The Hall–Kier alpha value is -1.01. The van der Waals surface area contributed by atoms with Crippen molar-refractivity contribution in [3.05, 3.63) is 22.2 Å². The summed E-state index contributed by atoms with van der Waals surface area (Å²) in [6.07, 6.45) is 1.75. The van der Waals surface area contributed by atoms with Crippen LogP contribution in [-0.2, 0) is 11.3 Å². The van der Waals surface area contributed by atoms with Gasteiger partial charge in [-0.25, -0.2) is 9.97 Å². The third kappa shape index (κ3) is 2.76. The van der Waals surface area contributed by atoms with Crippen LogP contribution in [-0.4, -0.2) is 40.4 Å². The molecule has 0 saturated carbocycles. The second-order valence-corrected chi connectivity index (χ2v) is 4.63. The molecule has 2 rings (SSSR count). The second kappa shape index (κ2) is 4.88. The van der Waals surface area contributed by atoms with Gasteiger partial charge in [-0.3, -0.25) is 9.69 Å². The number of hydrogen-bond donors (Lipinski definition) is 1. The van der Waals surface area contributed by atoms with Gasteiger partial charge in [0.15, 0.2) is 0 Å². The van der Waals surface area contributed by atoms with Crippen molar-refractivity contribution >= 4 is 21.8 Å². The molecule has 0 radical (unpaired) electrons. The van der Waals surface area contributed by atoms with E-state index in [2.05, 4.69) is 31.2 Å². The highest BCUT2D eigenvalue weighted by Crippen LogP contribution is 2.12. The van der Waals surface area contributed by atoms with Gasteiger partial charge < -0.3 is 5.32 Å². The molecule has 0 aromatic carbocycles. The molecular weight excluding hydrogens is 272 g/mol. The Labute approximate surface area is 102 Å². The summed E-state index contributed by atoms with van der Waals surface area (Å²) >= 11 is 3.36. The van der Waals surface area contributed by atoms with E-state index >= 15 is 0 Å². The predicted molar refractivity (Wildman–Crippen MR) is 62.8 cm³/mol. The van der Waals surface area contributed by atoms with Gasteiger partial charge in [0.1, 0.15) is 5.82 Å². The highest BCUT2D eigenvalue weighted by atomic mass is 79.9. The smallest absolute Gasteiger partial charge is 0.234 e. The van der Waals surface area contributed by atoms with Gasteiger partial charge in [-0.05, 0) is 22.9 Å². The molecule has 5 nitrogen and oxygen atoms in total. The third-order valence-corrected chi connectivity index (χ3v) is 3.23. The Kier molecular flexibility index (Phi) is 3.50. The minimum Gasteiger partial charge on any atom is -0.354 e. The molecule has 1 amide bonds. The summed E-state index contributed by atoms with van der Waals surface area (Å²) in [7, 11) is 0. The van der Waals surface area contributed by atoms with E-state index in [9.17, 15) is 4.79 Å². The Morgan fingerprint density at radius 3 is 3.12 bits per heavy atom. The first-order valence-corrected chi connectivity index (χ1v) is 5.91. The average molecular weight is 285 g/mol. The molecule has 0 bridgehead atoms. The normalized spacial score (nSPS) is 17.2. The lowest BCUT2D eigenvalue weighted by Crippen LogP contribution is -2.47. The van der Waals surface area contributed by atoms with Crippen molar-refractivity contribution in [2.75, 3.05) is 19.6 Å². The molecule has 16 heavy (non-hydrogen) atoms. The SMILES string of the molecule is Cc1nc(CN2CCNC(=O)C2)ncc1Br. The van der Waals surface area contributed by atoms with E-state index in [1.54, 1.807) is 6.20 Å². The number of hydrogen-bond acceptors (Lipinski definition) is 4. The molecule has 1 aromatic rings. The van der Waals surface area contributed by atoms with E-state index in [4.69, 9.17) is 0 Å². The summed E-state index contributed by atoms with van der Waals surface area (Å²) in [5.74, 6) is 0.829. The lowest BCUT2D eigenvalue weighted by Gasteiger charge is -2.25. The fourth-order valence-corrected chi connectivity index (χ4v) is 1.79. The lowest BCUT2D eigenvalue weighted by atomic mass is 10.3. The van der Waals surface area contributed by atoms with Crippen molar-refractivity contribution in [2.24, 2.45) is 0 Å². The van der Waals surface area contributed by atoms with Crippen LogP contribution >= 0.6 is 15.9 Å². The van der Waals surface area contributed by atoms with Gasteiger partial charge in [-0.2, -0.15) is 0 Å². The van der Waals surface area contributed by atoms with Crippen LogP contribution in [0, 0.1) is 6.92 Å². The number of nitrogens with one attached hydrogen (secondary N) is 1. The number of rotatable bonds is 2. The van der Waals surface area contributed by atoms with Crippen LogP contribution in [0.15, 0.2) is 10.7 Å². The molecule has 0 unspecified atom stereocenters. The first-order valence-electron chi connectivity index (χ1n) is 5.12. The van der Waals surface area contributed by atoms with Crippen molar-refractivity contribution < 1.29 is 4.79 Å². The number of aryl methyl sites for hydroxylation is 1. The molecule has 1 saturated heterocycles. The first-order chi connectivity index (χ1) is 7.65. The zero-order valence-electron chi connectivity index (χ0n) is 9.03. The molecule has 6 heteroatoms. The van der Waals surface area contributed by atoms with Crippen LogP contribution in [0.5, 0.6) is 0 Å². The molecule has 0 aliphatic carbocycles. The number of halogens is 1. The van der Waals surface area contributed by atoms with Crippen LogP contribution in [0.25, 0.3) is 0 Å². The molecule has 1 aliphatic rings. The average Bonchev–Trinajstić information content (AvgIpc) is 2.24. The number of aromatic nitrogens is 2. The Morgan fingerprint density at radius 1 is 1.62 bits per heavy atom. The number of amides is 1. The fraction of sp³-hybridized carbons (Fsp3) is 0.500. The highest BCUT2D eigenvalue weighted by Gasteiger charge is 2.17. The maximum Gasteiger partial charge on any atom is 0.234 e. The maximum atomic E-state index is 11.2. The standard InChI is InChI=1S/C10H13BrN4O/c1-7-8(11)4-13-9(14-7)5-15-3-2-12-10(16)6-15/h4H,2-3,5-6H2,1H3,(H,12,16). The highest BCUT2D eigenvalue weighted by molar-refractivity contribution is 9.10. The van der Waals surface area contributed by atoms with E-state index in [0.29, 0.717) is 19.6 Å². The molecule has 1 aliphatic heterocycles. The Morgan fingerprint density at radius 2 is 2.44 bits per heavy atom. The maximum absolute atomic E-state index is 11.2. The van der Waals surface area contributed by atoms with E-state index in [-0.39, 0.29) is 5.91 Å². The fourth-order valence-electron chi connectivity index (χ4n) is 1.60. The minimum absolute atomic E-state index is 0.0695. The predicted octanol–water partition coefficient (Wildman–Crippen LogP) is 0.479. The van der Waals surface area contributed by atoms with Gasteiger partial charge in [0, 0.05) is 19.3 Å². The molecule has 1 N–H and O–H groups in total. The van der Waals surface area contributed by atoms with Crippen molar-refractivity contribution in [1.29, 1.82) is 0 Å². The summed E-state index contributed by atoms with van der Waals surface area (Å²) < 4.78 is 0.910. The molecule has 0 atom stereocenters. The van der Waals surface area contributed by atoms with E-state index in [1.807, 2.05) is 11.8 Å². The van der Waals surface area contributed by atoms with Crippen LogP contribution in [0.3, 0.4) is 0 Å². The third-order valence-electron chi connectivity index (χ3n) is 2.45. The second-order valence-electron chi connectivity index (χ2n) is 3.78. The monoisotopic (exact) mass is 284 g/mol. The van der Waals surface area contributed by atoms with E-state index in [1.165, 1.54) is 0 Å². The lowest BCUT2D eigenvalue weighted by molar-refractivity contribution is -0.124. The quantitative estimate of drug-likeness (QED) is 0.858. The molecule has 0 spiro atoms. The summed E-state index contributed by atoms with van der Waals surface area (Å²) in [5.41, 5.74) is 0.923. The van der Waals surface area contributed by atoms with Gasteiger partial charge in [0.25, 0.3) is 0 Å². The van der Waals surface area contributed by atoms with Gasteiger partial charge in [-0.1, -0.05) is 0 Å². The summed E-state index contributed by atoms with van der Waals surface area (Å²) in [4.78, 5) is 21.8. The number of carbonyl (C=O) groups excluding carboxylic acids is 1. The topological polar surface area (TPSA) is 58.1 Å². The van der Waals surface area contributed by atoms with Crippen molar-refractivity contribution in [2.45, 2.75) is 13.5 Å². The number of piperazine rings is 1. The molecule has 1 fully saturated rings. The first kappa shape index (κ1) is 11.5. The zero-order valence-corrected chi connectivity index (χ0v) is 10.6. The molecule has 2 heterocycles. The van der Waals surface area contributed by atoms with Crippen LogP contribution < -0.4 is 5.32 Å². The van der Waals surface area contributed by atoms with Gasteiger partial charge in [0.2, 0.25) is 5.91 Å². The largest absolute Gasteiger partial charge is 0.354 e. The summed E-state index contributed by atoms with van der Waals surface area (Å²) in [6, 6.07) is 0. The van der Waals surface area contributed by atoms with Crippen LogP contribution in [0.2, 0.25) is 0 Å². The van der Waals surface area contributed by atoms with Crippen molar-refractivity contribution in [1.82, 2.24) is 20.2 Å².